The molecule has 0 heterocycles. The zero-order valence-corrected chi connectivity index (χ0v) is 10.9. The second-order valence-electron chi connectivity index (χ2n) is 4.66. The van der Waals surface area contributed by atoms with E-state index in [9.17, 15) is 9.59 Å². The monoisotopic (exact) mass is 242 g/mol. The smallest absolute Gasteiger partial charge is 0.326 e. The van der Waals surface area contributed by atoms with Crippen LogP contribution in [-0.2, 0) is 4.79 Å². The minimum absolute atomic E-state index is 0.217. The summed E-state index contributed by atoms with van der Waals surface area (Å²) in [7, 11) is 0. The maximum absolute atomic E-state index is 11.4. The van der Waals surface area contributed by atoms with E-state index in [1.54, 1.807) is 0 Å². The van der Waals surface area contributed by atoms with Crippen molar-refractivity contribution in [3.05, 3.63) is 11.6 Å². The van der Waals surface area contributed by atoms with Crippen molar-refractivity contribution in [2.45, 2.75) is 40.2 Å². The van der Waals surface area contributed by atoms with Crippen molar-refractivity contribution < 1.29 is 14.7 Å². The van der Waals surface area contributed by atoms with Gasteiger partial charge in [-0.25, -0.2) is 9.59 Å². The van der Waals surface area contributed by atoms with Gasteiger partial charge in [0.15, 0.2) is 0 Å². The van der Waals surface area contributed by atoms with Crippen LogP contribution in [0, 0.1) is 5.92 Å². The molecule has 0 aromatic carbocycles. The molecule has 0 fully saturated rings. The summed E-state index contributed by atoms with van der Waals surface area (Å²) in [6, 6.07) is -1.28. The molecule has 0 aromatic rings. The van der Waals surface area contributed by atoms with Crippen molar-refractivity contribution in [3.63, 3.8) is 0 Å². The van der Waals surface area contributed by atoms with E-state index in [4.69, 9.17) is 5.11 Å². The Kier molecular flexibility index (Phi) is 7.02. The van der Waals surface area contributed by atoms with Crippen LogP contribution in [0.5, 0.6) is 0 Å². The fraction of sp³-hybridized carbons (Fsp3) is 0.667. The Morgan fingerprint density at radius 2 is 1.88 bits per heavy atom. The zero-order chi connectivity index (χ0) is 13.4. The Morgan fingerprint density at radius 3 is 2.29 bits per heavy atom. The molecular formula is C12H22N2O3. The summed E-state index contributed by atoms with van der Waals surface area (Å²) in [5.74, 6) is -0.787. The number of hydrogen-bond donors (Lipinski definition) is 3. The minimum atomic E-state index is -1.00. The summed E-state index contributed by atoms with van der Waals surface area (Å²) >= 11 is 0. The van der Waals surface area contributed by atoms with Crippen LogP contribution >= 0.6 is 0 Å². The van der Waals surface area contributed by atoms with Gasteiger partial charge in [0.1, 0.15) is 6.04 Å². The highest BCUT2D eigenvalue weighted by Gasteiger charge is 2.20. The largest absolute Gasteiger partial charge is 0.480 e. The van der Waals surface area contributed by atoms with E-state index in [-0.39, 0.29) is 5.92 Å². The first-order valence-electron chi connectivity index (χ1n) is 5.73. The van der Waals surface area contributed by atoms with Gasteiger partial charge in [0.2, 0.25) is 0 Å². The van der Waals surface area contributed by atoms with Gasteiger partial charge in [-0.2, -0.15) is 0 Å². The van der Waals surface area contributed by atoms with Gasteiger partial charge in [-0.15, -0.1) is 0 Å². The first-order chi connectivity index (χ1) is 7.82. The van der Waals surface area contributed by atoms with Crippen LogP contribution in [0.4, 0.5) is 4.79 Å². The normalized spacial score (nSPS) is 11.8. The third-order valence-corrected chi connectivity index (χ3v) is 2.08. The van der Waals surface area contributed by atoms with Gasteiger partial charge in [0, 0.05) is 6.54 Å². The molecule has 1 unspecified atom stereocenters. The van der Waals surface area contributed by atoms with Crippen LogP contribution in [0.3, 0.4) is 0 Å². The topological polar surface area (TPSA) is 78.4 Å². The quantitative estimate of drug-likeness (QED) is 0.621. The number of nitrogens with one attached hydrogen (secondary N) is 2. The predicted octanol–water partition coefficient (Wildman–Crippen LogP) is 1.75. The fourth-order valence-corrected chi connectivity index (χ4v) is 1.25. The number of urea groups is 1. The summed E-state index contributed by atoms with van der Waals surface area (Å²) < 4.78 is 0. The van der Waals surface area contributed by atoms with E-state index >= 15 is 0 Å². The zero-order valence-electron chi connectivity index (χ0n) is 10.9. The Labute approximate surface area is 102 Å². The molecule has 5 nitrogen and oxygen atoms in total. The summed E-state index contributed by atoms with van der Waals surface area (Å²) in [6.45, 7) is 8.09. The third kappa shape index (κ3) is 8.30. The lowest BCUT2D eigenvalue weighted by Crippen LogP contribution is -2.46. The summed E-state index contributed by atoms with van der Waals surface area (Å²) in [6.07, 6.45) is 2.28. The maximum Gasteiger partial charge on any atom is 0.326 e. The van der Waals surface area contributed by atoms with Gasteiger partial charge in [-0.3, -0.25) is 0 Å². The van der Waals surface area contributed by atoms with Crippen molar-refractivity contribution >= 4 is 12.0 Å². The lowest BCUT2D eigenvalue weighted by Gasteiger charge is -2.16. The van der Waals surface area contributed by atoms with Gasteiger partial charge < -0.3 is 15.7 Å². The van der Waals surface area contributed by atoms with Crippen LogP contribution in [-0.4, -0.2) is 29.7 Å². The van der Waals surface area contributed by atoms with Crippen LogP contribution in [0.25, 0.3) is 0 Å². The Hall–Kier alpha value is -1.52. The highest BCUT2D eigenvalue weighted by molar-refractivity contribution is 5.82. The first kappa shape index (κ1) is 15.5. The Bertz CT molecular complexity index is 294. The number of carbonyl (C=O) groups excluding carboxylic acids is 1. The van der Waals surface area contributed by atoms with Gasteiger partial charge in [0.25, 0.3) is 0 Å². The standard InChI is InChI=1S/C12H22N2O3/c1-8(2)5-6-13-12(17)14-10(11(15)16)7-9(3)4/h5,9-10H,6-7H2,1-4H3,(H,15,16)(H2,13,14,17). The number of carboxylic acid groups (broad SMARTS) is 1. The number of amides is 2. The SMILES string of the molecule is CC(C)=CCNC(=O)NC(CC(C)C)C(=O)O. The molecule has 17 heavy (non-hydrogen) atoms. The van der Waals surface area contributed by atoms with Gasteiger partial charge in [-0.05, 0) is 26.2 Å². The van der Waals surface area contributed by atoms with E-state index < -0.39 is 18.0 Å². The van der Waals surface area contributed by atoms with Crippen LogP contribution in [0.15, 0.2) is 11.6 Å². The van der Waals surface area contributed by atoms with Crippen LogP contribution in [0.1, 0.15) is 34.1 Å². The average molecular weight is 242 g/mol. The molecule has 0 aromatic heterocycles. The molecule has 3 N–H and O–H groups in total. The molecule has 2 amide bonds. The highest BCUT2D eigenvalue weighted by Crippen LogP contribution is 2.04. The Balaban J connectivity index is 4.13. The fourth-order valence-electron chi connectivity index (χ4n) is 1.25. The van der Waals surface area contributed by atoms with E-state index in [0.29, 0.717) is 13.0 Å². The minimum Gasteiger partial charge on any atom is -0.480 e. The van der Waals surface area contributed by atoms with E-state index in [0.717, 1.165) is 5.57 Å². The van der Waals surface area contributed by atoms with E-state index in [1.165, 1.54) is 0 Å². The predicted molar refractivity (Wildman–Crippen MR) is 66.8 cm³/mol. The van der Waals surface area contributed by atoms with E-state index in [1.807, 2.05) is 33.8 Å². The summed E-state index contributed by atoms with van der Waals surface area (Å²) in [5.41, 5.74) is 1.10. The molecule has 0 aliphatic heterocycles. The molecule has 0 aliphatic rings. The van der Waals surface area contributed by atoms with Crippen molar-refractivity contribution in [1.29, 1.82) is 0 Å². The molecule has 5 heteroatoms. The molecular weight excluding hydrogens is 220 g/mol. The maximum atomic E-state index is 11.4. The number of carbonyl (C=O) groups is 2. The molecule has 98 valence electrons. The number of rotatable bonds is 6. The Morgan fingerprint density at radius 1 is 1.29 bits per heavy atom. The second kappa shape index (κ2) is 7.70. The van der Waals surface area contributed by atoms with Gasteiger partial charge in [-0.1, -0.05) is 25.5 Å². The van der Waals surface area contributed by atoms with Crippen molar-refractivity contribution in [3.8, 4) is 0 Å². The average Bonchev–Trinajstić information content (AvgIpc) is 2.15. The molecule has 0 bridgehead atoms. The van der Waals surface area contributed by atoms with Crippen molar-refractivity contribution in [2.75, 3.05) is 6.54 Å². The van der Waals surface area contributed by atoms with Gasteiger partial charge >= 0.3 is 12.0 Å². The van der Waals surface area contributed by atoms with Crippen molar-refractivity contribution in [1.82, 2.24) is 10.6 Å². The van der Waals surface area contributed by atoms with E-state index in [2.05, 4.69) is 10.6 Å². The first-order valence-corrected chi connectivity index (χ1v) is 5.73. The molecule has 0 rings (SSSR count). The lowest BCUT2D eigenvalue weighted by atomic mass is 10.0. The number of carboxylic acids is 1. The molecule has 1 atom stereocenters. The van der Waals surface area contributed by atoms with Crippen molar-refractivity contribution in [2.24, 2.45) is 5.92 Å². The van der Waals surface area contributed by atoms with Gasteiger partial charge in [0.05, 0.1) is 0 Å². The van der Waals surface area contributed by atoms with Crippen LogP contribution in [0.2, 0.25) is 0 Å². The molecule has 0 spiro atoms. The molecule has 0 aliphatic carbocycles. The number of allylic oxidation sites excluding steroid dienone is 1. The molecule has 0 saturated carbocycles. The van der Waals surface area contributed by atoms with Crippen LogP contribution < -0.4 is 10.6 Å². The summed E-state index contributed by atoms with van der Waals surface area (Å²) in [5, 5.41) is 14.0. The molecule has 0 saturated heterocycles. The second-order valence-corrected chi connectivity index (χ2v) is 4.66. The number of aliphatic carboxylic acids is 1. The summed E-state index contributed by atoms with van der Waals surface area (Å²) in [4.78, 5) is 22.3. The lowest BCUT2D eigenvalue weighted by molar-refractivity contribution is -0.139. The number of hydrogen-bond acceptors (Lipinski definition) is 2. The third-order valence-electron chi connectivity index (χ3n) is 2.08. The highest BCUT2D eigenvalue weighted by atomic mass is 16.4. The molecule has 0 radical (unpaired) electrons.